The number of aryl methyl sites for hydroxylation is 1. The fourth-order valence-electron chi connectivity index (χ4n) is 2.56. The zero-order valence-electron chi connectivity index (χ0n) is 13.9. The second kappa shape index (κ2) is 8.28. The van der Waals surface area contributed by atoms with Gasteiger partial charge in [0, 0.05) is 39.0 Å². The average Bonchev–Trinajstić information content (AvgIpc) is 2.94. The van der Waals surface area contributed by atoms with Crippen molar-refractivity contribution >= 4 is 27.5 Å². The largest absolute Gasteiger partial charge is 0.384 e. The minimum Gasteiger partial charge on any atom is -0.384 e. The molecule has 24 heavy (non-hydrogen) atoms. The standard InChI is InChI=1S/C14H23ClN4O4S/c1-3-18-10-12(15)13(17-18)14(20)16-11-4-6-19(7-5-11)24(21,22)9-8-23-2/h10-11H,3-9H2,1-2H3,(H,16,20). The molecule has 1 fully saturated rings. The molecule has 8 nitrogen and oxygen atoms in total. The van der Waals surface area contributed by atoms with Crippen LogP contribution >= 0.6 is 11.6 Å². The minimum atomic E-state index is -3.30. The highest BCUT2D eigenvalue weighted by atomic mass is 35.5. The van der Waals surface area contributed by atoms with E-state index in [1.165, 1.54) is 11.4 Å². The number of rotatable bonds is 7. The van der Waals surface area contributed by atoms with Crippen LogP contribution in [0.2, 0.25) is 5.02 Å². The summed E-state index contributed by atoms with van der Waals surface area (Å²) in [4.78, 5) is 12.3. The topological polar surface area (TPSA) is 93.5 Å². The van der Waals surface area contributed by atoms with E-state index in [1.54, 1.807) is 10.9 Å². The first-order valence-corrected chi connectivity index (χ1v) is 9.86. The van der Waals surface area contributed by atoms with Crippen molar-refractivity contribution in [3.63, 3.8) is 0 Å². The maximum absolute atomic E-state index is 12.3. The van der Waals surface area contributed by atoms with Crippen molar-refractivity contribution in [2.45, 2.75) is 32.4 Å². The van der Waals surface area contributed by atoms with E-state index in [9.17, 15) is 13.2 Å². The zero-order chi connectivity index (χ0) is 17.7. The van der Waals surface area contributed by atoms with E-state index < -0.39 is 10.0 Å². The fraction of sp³-hybridized carbons (Fsp3) is 0.714. The highest BCUT2D eigenvalue weighted by molar-refractivity contribution is 7.89. The van der Waals surface area contributed by atoms with Gasteiger partial charge in [0.05, 0.1) is 17.4 Å². The van der Waals surface area contributed by atoms with Crippen molar-refractivity contribution in [2.24, 2.45) is 0 Å². The molecule has 0 spiro atoms. The third-order valence-corrected chi connectivity index (χ3v) is 6.10. The number of halogens is 1. The van der Waals surface area contributed by atoms with Crippen molar-refractivity contribution in [3.05, 3.63) is 16.9 Å². The Morgan fingerprint density at radius 3 is 2.67 bits per heavy atom. The SMILES string of the molecule is CCn1cc(Cl)c(C(=O)NC2CCN(S(=O)(=O)CCOC)CC2)n1. The van der Waals surface area contributed by atoms with Crippen LogP contribution in [-0.2, 0) is 21.3 Å². The van der Waals surface area contributed by atoms with Gasteiger partial charge < -0.3 is 10.1 Å². The molecule has 0 atom stereocenters. The van der Waals surface area contributed by atoms with Gasteiger partial charge in [-0.3, -0.25) is 9.48 Å². The Bertz CT molecular complexity index is 668. The van der Waals surface area contributed by atoms with E-state index in [-0.39, 0.29) is 30.0 Å². The van der Waals surface area contributed by atoms with Crippen LogP contribution in [0.3, 0.4) is 0 Å². The molecule has 0 unspecified atom stereocenters. The summed E-state index contributed by atoms with van der Waals surface area (Å²) in [6.07, 6.45) is 2.73. The molecule has 1 aliphatic rings. The van der Waals surface area contributed by atoms with Gasteiger partial charge in [-0.25, -0.2) is 12.7 Å². The maximum Gasteiger partial charge on any atom is 0.273 e. The molecule has 0 aromatic carbocycles. The molecule has 1 aromatic heterocycles. The second-order valence-electron chi connectivity index (χ2n) is 5.64. The molecule has 2 heterocycles. The van der Waals surface area contributed by atoms with Crippen molar-refractivity contribution < 1.29 is 17.9 Å². The summed E-state index contributed by atoms with van der Waals surface area (Å²) >= 11 is 6.02. The normalized spacial score (nSPS) is 17.1. The first-order chi connectivity index (χ1) is 11.4. The predicted molar refractivity (Wildman–Crippen MR) is 90.6 cm³/mol. The van der Waals surface area contributed by atoms with Gasteiger partial charge in [0.1, 0.15) is 0 Å². The van der Waals surface area contributed by atoms with Gasteiger partial charge in [-0.05, 0) is 19.8 Å². The van der Waals surface area contributed by atoms with Gasteiger partial charge in [-0.2, -0.15) is 5.10 Å². The van der Waals surface area contributed by atoms with Crippen LogP contribution < -0.4 is 5.32 Å². The number of hydrogen-bond donors (Lipinski definition) is 1. The van der Waals surface area contributed by atoms with E-state index in [0.29, 0.717) is 37.5 Å². The summed E-state index contributed by atoms with van der Waals surface area (Å²) in [6, 6.07) is -0.0887. The maximum atomic E-state index is 12.3. The number of nitrogens with zero attached hydrogens (tertiary/aromatic N) is 3. The minimum absolute atomic E-state index is 0.0232. The molecule has 10 heteroatoms. The van der Waals surface area contributed by atoms with Gasteiger partial charge in [0.2, 0.25) is 10.0 Å². The number of aromatic nitrogens is 2. The number of hydrogen-bond acceptors (Lipinski definition) is 5. The van der Waals surface area contributed by atoms with Crippen molar-refractivity contribution in [2.75, 3.05) is 32.6 Å². The monoisotopic (exact) mass is 378 g/mol. The molecular formula is C14H23ClN4O4S. The molecule has 0 saturated carbocycles. The van der Waals surface area contributed by atoms with Crippen LogP contribution in [0.1, 0.15) is 30.3 Å². The quantitative estimate of drug-likeness (QED) is 0.754. The third kappa shape index (κ3) is 4.69. The Morgan fingerprint density at radius 1 is 1.46 bits per heavy atom. The Hall–Kier alpha value is -1.16. The lowest BCUT2D eigenvalue weighted by atomic mass is 10.1. The zero-order valence-corrected chi connectivity index (χ0v) is 15.4. The van der Waals surface area contributed by atoms with E-state index in [2.05, 4.69) is 10.4 Å². The molecule has 136 valence electrons. The summed E-state index contributed by atoms with van der Waals surface area (Å²) in [5.41, 5.74) is 0.202. The van der Waals surface area contributed by atoms with E-state index in [0.717, 1.165) is 0 Å². The summed E-state index contributed by atoms with van der Waals surface area (Å²) in [5.74, 6) is -0.349. The van der Waals surface area contributed by atoms with Gasteiger partial charge in [-0.15, -0.1) is 0 Å². The summed E-state index contributed by atoms with van der Waals surface area (Å²) in [7, 11) is -1.82. The van der Waals surface area contributed by atoms with Crippen LogP contribution in [0.4, 0.5) is 0 Å². The average molecular weight is 379 g/mol. The van der Waals surface area contributed by atoms with Gasteiger partial charge in [-0.1, -0.05) is 11.6 Å². The first kappa shape index (κ1) is 19.2. The third-order valence-electron chi connectivity index (χ3n) is 3.98. The van der Waals surface area contributed by atoms with Gasteiger partial charge in [0.15, 0.2) is 5.69 Å². The summed E-state index contributed by atoms with van der Waals surface area (Å²) in [5, 5.41) is 7.33. The van der Waals surface area contributed by atoms with Crippen molar-refractivity contribution in [3.8, 4) is 0 Å². The van der Waals surface area contributed by atoms with Crippen LogP contribution in [0, 0.1) is 0 Å². The van der Waals surface area contributed by atoms with E-state index in [4.69, 9.17) is 16.3 Å². The van der Waals surface area contributed by atoms with Gasteiger partial charge in [0.25, 0.3) is 5.91 Å². The van der Waals surface area contributed by atoms with Crippen molar-refractivity contribution in [1.29, 1.82) is 0 Å². The number of nitrogens with one attached hydrogen (secondary N) is 1. The first-order valence-electron chi connectivity index (χ1n) is 7.88. The van der Waals surface area contributed by atoms with Crippen molar-refractivity contribution in [1.82, 2.24) is 19.4 Å². The number of piperidine rings is 1. The van der Waals surface area contributed by atoms with E-state index >= 15 is 0 Å². The molecular weight excluding hydrogens is 356 g/mol. The molecule has 0 bridgehead atoms. The molecule has 1 aliphatic heterocycles. The lowest BCUT2D eigenvalue weighted by Gasteiger charge is -2.31. The highest BCUT2D eigenvalue weighted by Gasteiger charge is 2.29. The molecule has 1 N–H and O–H groups in total. The second-order valence-corrected chi connectivity index (χ2v) is 8.13. The Balaban J connectivity index is 1.88. The fourth-order valence-corrected chi connectivity index (χ4v) is 4.20. The van der Waals surface area contributed by atoms with E-state index in [1.807, 2.05) is 6.92 Å². The summed E-state index contributed by atoms with van der Waals surface area (Å²) < 4.78 is 32.1. The molecule has 1 aromatic rings. The molecule has 1 saturated heterocycles. The molecule has 2 rings (SSSR count). The number of carbonyl (C=O) groups is 1. The summed E-state index contributed by atoms with van der Waals surface area (Å²) in [6.45, 7) is 3.48. The van der Waals surface area contributed by atoms with Crippen LogP contribution in [-0.4, -0.2) is 67.0 Å². The van der Waals surface area contributed by atoms with Crippen LogP contribution in [0.5, 0.6) is 0 Å². The van der Waals surface area contributed by atoms with Crippen LogP contribution in [0.15, 0.2) is 6.20 Å². The Morgan fingerprint density at radius 2 is 2.12 bits per heavy atom. The number of carbonyl (C=O) groups excluding carboxylic acids is 1. The van der Waals surface area contributed by atoms with Crippen LogP contribution in [0.25, 0.3) is 0 Å². The highest BCUT2D eigenvalue weighted by Crippen LogP contribution is 2.17. The molecule has 0 radical (unpaired) electrons. The lowest BCUT2D eigenvalue weighted by Crippen LogP contribution is -2.47. The predicted octanol–water partition coefficient (Wildman–Crippen LogP) is 0.727. The number of methoxy groups -OCH3 is 1. The Kier molecular flexibility index (Phi) is 6.62. The lowest BCUT2D eigenvalue weighted by molar-refractivity contribution is 0.0918. The van der Waals surface area contributed by atoms with Gasteiger partial charge >= 0.3 is 0 Å². The number of ether oxygens (including phenoxy) is 1. The number of amides is 1. The smallest absolute Gasteiger partial charge is 0.273 e. The number of sulfonamides is 1. The molecule has 1 amide bonds. The Labute approximate surface area is 147 Å². The molecule has 0 aliphatic carbocycles.